The van der Waals surface area contributed by atoms with Gasteiger partial charge in [-0.15, -0.1) is 0 Å². The van der Waals surface area contributed by atoms with E-state index in [-0.39, 0.29) is 0 Å². The molecule has 0 spiro atoms. The first kappa shape index (κ1) is 14.8. The van der Waals surface area contributed by atoms with Crippen LogP contribution in [0.25, 0.3) is 10.9 Å². The number of nitrogens with zero attached hydrogens (tertiary/aromatic N) is 2. The summed E-state index contributed by atoms with van der Waals surface area (Å²) >= 11 is 0. The van der Waals surface area contributed by atoms with E-state index >= 15 is 0 Å². The first-order valence-electron chi connectivity index (χ1n) is 7.52. The Hall–Kier alpha value is -1.17. The van der Waals surface area contributed by atoms with Crippen molar-refractivity contribution in [1.82, 2.24) is 14.8 Å². The van der Waals surface area contributed by atoms with Gasteiger partial charge in [-0.3, -0.25) is 14.0 Å². The first-order chi connectivity index (χ1) is 10.2. The van der Waals surface area contributed by atoms with Gasteiger partial charge < -0.3 is 4.98 Å². The topological polar surface area (TPSA) is 39.3 Å². The van der Waals surface area contributed by atoms with E-state index in [0.29, 0.717) is 0 Å². The standard InChI is InChI=1S/C16H23N3OS/c1-21(20)12-11-18-7-9-19(10-8-18)13-15-4-2-3-14-5-6-17-16(14)15/h2-6,17H,7-13H2,1H3/t21-/m1/s1. The van der Waals surface area contributed by atoms with Crippen molar-refractivity contribution in [2.75, 3.05) is 44.7 Å². The maximum Gasteiger partial charge on any atom is 0.0499 e. The highest BCUT2D eigenvalue weighted by atomic mass is 32.2. The molecule has 5 heteroatoms. The minimum absolute atomic E-state index is 0.678. The summed E-state index contributed by atoms with van der Waals surface area (Å²) in [5.41, 5.74) is 2.64. The van der Waals surface area contributed by atoms with Crippen molar-refractivity contribution in [1.29, 1.82) is 0 Å². The van der Waals surface area contributed by atoms with E-state index in [4.69, 9.17) is 0 Å². The van der Waals surface area contributed by atoms with Crippen LogP contribution in [-0.4, -0.2) is 63.7 Å². The van der Waals surface area contributed by atoms with Crippen LogP contribution >= 0.6 is 0 Å². The molecule has 1 aromatic carbocycles. The van der Waals surface area contributed by atoms with Gasteiger partial charge in [-0.1, -0.05) is 18.2 Å². The molecule has 21 heavy (non-hydrogen) atoms. The van der Waals surface area contributed by atoms with Gasteiger partial charge in [-0.05, 0) is 17.0 Å². The fourth-order valence-electron chi connectivity index (χ4n) is 2.95. The monoisotopic (exact) mass is 305 g/mol. The quantitative estimate of drug-likeness (QED) is 0.913. The highest BCUT2D eigenvalue weighted by molar-refractivity contribution is 7.84. The van der Waals surface area contributed by atoms with Crippen LogP contribution < -0.4 is 0 Å². The molecule has 0 aliphatic carbocycles. The van der Waals surface area contributed by atoms with Crippen LogP contribution in [0, 0.1) is 0 Å². The van der Waals surface area contributed by atoms with Crippen molar-refractivity contribution in [2.45, 2.75) is 6.54 Å². The summed E-state index contributed by atoms with van der Waals surface area (Å²) in [5.74, 6) is 0.793. The predicted molar refractivity (Wildman–Crippen MR) is 88.9 cm³/mol. The summed E-state index contributed by atoms with van der Waals surface area (Å²) in [6.45, 7) is 6.31. The normalized spacial score (nSPS) is 19.1. The highest BCUT2D eigenvalue weighted by Gasteiger charge is 2.17. The zero-order valence-corrected chi connectivity index (χ0v) is 13.4. The van der Waals surface area contributed by atoms with Crippen LogP contribution in [0.3, 0.4) is 0 Å². The average Bonchev–Trinajstić information content (AvgIpc) is 2.96. The third-order valence-corrected chi connectivity index (χ3v) is 4.98. The Morgan fingerprint density at radius 1 is 1.14 bits per heavy atom. The summed E-state index contributed by atoms with van der Waals surface area (Å²) in [7, 11) is -0.678. The second-order valence-electron chi connectivity index (χ2n) is 5.75. The lowest BCUT2D eigenvalue weighted by atomic mass is 10.1. The second kappa shape index (κ2) is 6.73. The molecule has 2 heterocycles. The van der Waals surface area contributed by atoms with Gasteiger partial charge in [0.1, 0.15) is 0 Å². The molecule has 1 fully saturated rings. The minimum Gasteiger partial charge on any atom is -0.361 e. The van der Waals surface area contributed by atoms with E-state index in [1.54, 1.807) is 6.26 Å². The number of fused-ring (bicyclic) bond motifs is 1. The average molecular weight is 305 g/mol. The van der Waals surface area contributed by atoms with Crippen LogP contribution in [0.4, 0.5) is 0 Å². The molecule has 2 aromatic rings. The minimum atomic E-state index is -0.678. The van der Waals surface area contributed by atoms with Crippen LogP contribution in [0.2, 0.25) is 0 Å². The Morgan fingerprint density at radius 3 is 2.67 bits per heavy atom. The molecule has 1 atom stereocenters. The van der Waals surface area contributed by atoms with Gasteiger partial charge in [0, 0.05) is 73.8 Å². The molecule has 0 unspecified atom stereocenters. The lowest BCUT2D eigenvalue weighted by molar-refractivity contribution is 0.133. The Morgan fingerprint density at radius 2 is 1.90 bits per heavy atom. The second-order valence-corrected chi connectivity index (χ2v) is 7.31. The number of hydrogen-bond acceptors (Lipinski definition) is 3. The molecule has 1 aliphatic rings. The van der Waals surface area contributed by atoms with E-state index in [0.717, 1.165) is 45.0 Å². The summed E-state index contributed by atoms with van der Waals surface area (Å²) in [5, 5.41) is 1.29. The number of H-pyrrole nitrogens is 1. The molecule has 0 amide bonds. The largest absolute Gasteiger partial charge is 0.361 e. The van der Waals surface area contributed by atoms with E-state index in [2.05, 4.69) is 39.0 Å². The van der Waals surface area contributed by atoms with Gasteiger partial charge in [0.15, 0.2) is 0 Å². The fourth-order valence-corrected chi connectivity index (χ4v) is 3.47. The Labute approximate surface area is 128 Å². The summed E-state index contributed by atoms with van der Waals surface area (Å²) in [6, 6.07) is 8.63. The number of aromatic nitrogens is 1. The van der Waals surface area contributed by atoms with Gasteiger partial charge in [-0.25, -0.2) is 0 Å². The number of para-hydroxylation sites is 1. The lowest BCUT2D eigenvalue weighted by Gasteiger charge is -2.34. The lowest BCUT2D eigenvalue weighted by Crippen LogP contribution is -2.46. The Balaban J connectivity index is 1.56. The van der Waals surface area contributed by atoms with Crippen LogP contribution in [0.15, 0.2) is 30.5 Å². The highest BCUT2D eigenvalue weighted by Crippen LogP contribution is 2.19. The van der Waals surface area contributed by atoms with Gasteiger partial charge in [0.05, 0.1) is 0 Å². The zero-order chi connectivity index (χ0) is 14.7. The van der Waals surface area contributed by atoms with Crippen molar-refractivity contribution in [3.63, 3.8) is 0 Å². The molecule has 4 nitrogen and oxygen atoms in total. The number of nitrogens with one attached hydrogen (secondary N) is 1. The number of hydrogen-bond donors (Lipinski definition) is 1. The fraction of sp³-hybridized carbons (Fsp3) is 0.500. The number of benzene rings is 1. The number of rotatable bonds is 5. The van der Waals surface area contributed by atoms with Gasteiger partial charge >= 0.3 is 0 Å². The van der Waals surface area contributed by atoms with Gasteiger partial charge in [0.25, 0.3) is 0 Å². The third-order valence-electron chi connectivity index (χ3n) is 4.23. The Bertz CT molecular complexity index is 617. The van der Waals surface area contributed by atoms with Crippen molar-refractivity contribution < 1.29 is 4.21 Å². The van der Waals surface area contributed by atoms with Crippen LogP contribution in [-0.2, 0) is 17.3 Å². The molecular weight excluding hydrogens is 282 g/mol. The molecule has 0 saturated carbocycles. The van der Waals surface area contributed by atoms with Crippen LogP contribution in [0.1, 0.15) is 5.56 Å². The molecule has 1 aliphatic heterocycles. The number of aromatic amines is 1. The Kier molecular flexibility index (Phi) is 4.73. The zero-order valence-electron chi connectivity index (χ0n) is 12.5. The molecule has 114 valence electrons. The van der Waals surface area contributed by atoms with Crippen molar-refractivity contribution in [2.24, 2.45) is 0 Å². The van der Waals surface area contributed by atoms with E-state index < -0.39 is 10.8 Å². The number of piperazine rings is 1. The predicted octanol–water partition coefficient (Wildman–Crippen LogP) is 1.66. The summed E-state index contributed by atoms with van der Waals surface area (Å²) in [6.07, 6.45) is 3.80. The maximum atomic E-state index is 11.2. The van der Waals surface area contributed by atoms with E-state index in [1.165, 1.54) is 16.5 Å². The van der Waals surface area contributed by atoms with Gasteiger partial charge in [0.2, 0.25) is 0 Å². The molecule has 1 N–H and O–H groups in total. The maximum absolute atomic E-state index is 11.2. The molecule has 3 rings (SSSR count). The summed E-state index contributed by atoms with van der Waals surface area (Å²) < 4.78 is 11.2. The van der Waals surface area contributed by atoms with Gasteiger partial charge in [-0.2, -0.15) is 0 Å². The smallest absolute Gasteiger partial charge is 0.0499 e. The molecule has 1 saturated heterocycles. The van der Waals surface area contributed by atoms with Crippen molar-refractivity contribution in [3.05, 3.63) is 36.0 Å². The van der Waals surface area contributed by atoms with Crippen LogP contribution in [0.5, 0.6) is 0 Å². The molecule has 0 radical (unpaired) electrons. The van der Waals surface area contributed by atoms with E-state index in [1.807, 2.05) is 6.20 Å². The third kappa shape index (κ3) is 3.73. The van der Waals surface area contributed by atoms with E-state index in [9.17, 15) is 4.21 Å². The first-order valence-corrected chi connectivity index (χ1v) is 9.25. The van der Waals surface area contributed by atoms with Crippen molar-refractivity contribution >= 4 is 21.7 Å². The SMILES string of the molecule is C[S@@](=O)CCN1CCN(Cc2cccc3cc[nH]c23)CC1. The molecular formula is C16H23N3OS. The summed E-state index contributed by atoms with van der Waals surface area (Å²) in [4.78, 5) is 8.28. The molecule has 0 bridgehead atoms. The van der Waals surface area contributed by atoms with Crippen molar-refractivity contribution in [3.8, 4) is 0 Å². The molecule has 1 aromatic heterocycles.